The maximum atomic E-state index is 11.5. The summed E-state index contributed by atoms with van der Waals surface area (Å²) in [4.78, 5) is 12.4. The fourth-order valence-electron chi connectivity index (χ4n) is 1.31. The highest BCUT2D eigenvalue weighted by molar-refractivity contribution is 7.98. The van der Waals surface area contributed by atoms with Crippen molar-refractivity contribution in [1.82, 2.24) is 9.78 Å². The molecule has 0 saturated heterocycles. The van der Waals surface area contributed by atoms with Crippen LogP contribution in [0.5, 0.6) is 0 Å². The summed E-state index contributed by atoms with van der Waals surface area (Å²) in [7, 11) is 0. The molecule has 86 valence electrons. The molecule has 0 amide bonds. The van der Waals surface area contributed by atoms with Gasteiger partial charge in [-0.25, -0.2) is 4.79 Å². The summed E-state index contributed by atoms with van der Waals surface area (Å²) in [6.07, 6.45) is 2.97. The lowest BCUT2D eigenvalue weighted by atomic mass is 10.5. The van der Waals surface area contributed by atoms with Crippen LogP contribution in [-0.4, -0.2) is 21.8 Å². The summed E-state index contributed by atoms with van der Waals surface area (Å²) in [6, 6.07) is 3.80. The van der Waals surface area contributed by atoms with E-state index >= 15 is 0 Å². The molecular formula is C10H12N2O2S2. The number of aryl methyl sites for hydroxylation is 1. The van der Waals surface area contributed by atoms with Gasteiger partial charge >= 0.3 is 5.76 Å². The molecule has 0 aliphatic rings. The zero-order chi connectivity index (χ0) is 11.4. The Morgan fingerprint density at radius 2 is 2.50 bits per heavy atom. The van der Waals surface area contributed by atoms with Gasteiger partial charge in [0.25, 0.3) is 5.89 Å². The summed E-state index contributed by atoms with van der Waals surface area (Å²) in [6.45, 7) is 0.620. The normalized spacial score (nSPS) is 10.8. The fourth-order valence-corrected chi connectivity index (χ4v) is 2.37. The molecule has 2 rings (SSSR count). The second-order valence-corrected chi connectivity index (χ2v) is 5.15. The monoisotopic (exact) mass is 256 g/mol. The Kier molecular flexibility index (Phi) is 3.84. The quantitative estimate of drug-likeness (QED) is 0.770. The maximum Gasteiger partial charge on any atom is 0.437 e. The van der Waals surface area contributed by atoms with E-state index in [1.807, 2.05) is 23.8 Å². The van der Waals surface area contributed by atoms with Crippen LogP contribution in [0.3, 0.4) is 0 Å². The van der Waals surface area contributed by atoms with E-state index in [9.17, 15) is 4.79 Å². The van der Waals surface area contributed by atoms with E-state index in [1.165, 1.54) is 16.0 Å². The number of hydrogen-bond acceptors (Lipinski definition) is 5. The van der Waals surface area contributed by atoms with Crippen molar-refractivity contribution in [3.05, 3.63) is 28.1 Å². The molecule has 6 heteroatoms. The van der Waals surface area contributed by atoms with Crippen molar-refractivity contribution < 1.29 is 4.42 Å². The van der Waals surface area contributed by atoms with Crippen LogP contribution in [0.25, 0.3) is 10.8 Å². The number of rotatable bonds is 5. The highest BCUT2D eigenvalue weighted by Crippen LogP contribution is 2.20. The minimum absolute atomic E-state index is 0.371. The lowest BCUT2D eigenvalue weighted by Gasteiger charge is -1.95. The highest BCUT2D eigenvalue weighted by Gasteiger charge is 2.10. The molecule has 16 heavy (non-hydrogen) atoms. The molecule has 2 aromatic rings. The summed E-state index contributed by atoms with van der Waals surface area (Å²) in [5.74, 6) is 1.07. The van der Waals surface area contributed by atoms with Gasteiger partial charge in [-0.05, 0) is 29.9 Å². The topological polar surface area (TPSA) is 48.0 Å². The van der Waals surface area contributed by atoms with Crippen LogP contribution in [0.4, 0.5) is 0 Å². The van der Waals surface area contributed by atoms with Crippen LogP contribution in [0.1, 0.15) is 6.42 Å². The van der Waals surface area contributed by atoms with Gasteiger partial charge in [0.1, 0.15) is 0 Å². The molecule has 2 heterocycles. The van der Waals surface area contributed by atoms with E-state index < -0.39 is 0 Å². The SMILES string of the molecule is CSCCCn1nc(-c2cccs2)oc1=O. The molecule has 0 bridgehead atoms. The first-order chi connectivity index (χ1) is 7.81. The van der Waals surface area contributed by atoms with Crippen LogP contribution < -0.4 is 5.76 Å². The summed E-state index contributed by atoms with van der Waals surface area (Å²) >= 11 is 3.27. The summed E-state index contributed by atoms with van der Waals surface area (Å²) in [5.41, 5.74) is 0. The van der Waals surface area contributed by atoms with Crippen molar-refractivity contribution in [2.24, 2.45) is 0 Å². The van der Waals surface area contributed by atoms with Crippen LogP contribution >= 0.6 is 23.1 Å². The van der Waals surface area contributed by atoms with Gasteiger partial charge < -0.3 is 4.42 Å². The van der Waals surface area contributed by atoms with Gasteiger partial charge in [-0.3, -0.25) is 0 Å². The van der Waals surface area contributed by atoms with Gasteiger partial charge in [-0.1, -0.05) is 6.07 Å². The number of thiophene rings is 1. The maximum absolute atomic E-state index is 11.5. The number of aromatic nitrogens is 2. The van der Waals surface area contributed by atoms with E-state index in [1.54, 1.807) is 11.8 Å². The van der Waals surface area contributed by atoms with Crippen molar-refractivity contribution in [3.8, 4) is 10.8 Å². The molecule has 0 aliphatic heterocycles. The van der Waals surface area contributed by atoms with Crippen LogP contribution in [-0.2, 0) is 6.54 Å². The Balaban J connectivity index is 2.13. The molecule has 0 aliphatic carbocycles. The van der Waals surface area contributed by atoms with Crippen molar-refractivity contribution in [1.29, 1.82) is 0 Å². The van der Waals surface area contributed by atoms with Crippen molar-refractivity contribution >= 4 is 23.1 Å². The molecule has 2 aromatic heterocycles. The van der Waals surface area contributed by atoms with Crippen molar-refractivity contribution in [2.75, 3.05) is 12.0 Å². The Bertz CT molecular complexity index is 487. The van der Waals surface area contributed by atoms with Crippen molar-refractivity contribution in [3.63, 3.8) is 0 Å². The molecule has 4 nitrogen and oxygen atoms in total. The first kappa shape index (κ1) is 11.5. The molecule has 0 N–H and O–H groups in total. The smallest absolute Gasteiger partial charge is 0.387 e. The van der Waals surface area contributed by atoms with E-state index in [2.05, 4.69) is 5.10 Å². The fraction of sp³-hybridized carbons (Fsp3) is 0.400. The van der Waals surface area contributed by atoms with Crippen LogP contribution in [0.15, 0.2) is 26.7 Å². The molecular weight excluding hydrogens is 244 g/mol. The molecule has 0 saturated carbocycles. The van der Waals surface area contributed by atoms with Crippen molar-refractivity contribution in [2.45, 2.75) is 13.0 Å². The number of nitrogens with zero attached hydrogens (tertiary/aromatic N) is 2. The number of thioether (sulfide) groups is 1. The minimum Gasteiger partial charge on any atom is -0.387 e. The van der Waals surface area contributed by atoms with Gasteiger partial charge in [-0.15, -0.1) is 16.4 Å². The largest absolute Gasteiger partial charge is 0.437 e. The molecule has 0 radical (unpaired) electrons. The molecule has 0 aromatic carbocycles. The van der Waals surface area contributed by atoms with Crippen LogP contribution in [0, 0.1) is 0 Å². The first-order valence-corrected chi connectivity index (χ1v) is 7.19. The zero-order valence-corrected chi connectivity index (χ0v) is 10.5. The predicted octanol–water partition coefficient (Wildman–Crippen LogP) is 2.32. The molecule has 0 atom stereocenters. The number of hydrogen-bond donors (Lipinski definition) is 0. The van der Waals surface area contributed by atoms with Gasteiger partial charge in [-0.2, -0.15) is 16.4 Å². The van der Waals surface area contributed by atoms with E-state index in [4.69, 9.17) is 4.42 Å². The van der Waals surface area contributed by atoms with Gasteiger partial charge in [0.15, 0.2) is 0 Å². The molecule has 0 unspecified atom stereocenters. The van der Waals surface area contributed by atoms with Crippen LogP contribution in [0.2, 0.25) is 0 Å². The Hall–Kier alpha value is -1.01. The molecule has 0 spiro atoms. The Morgan fingerprint density at radius 1 is 1.62 bits per heavy atom. The van der Waals surface area contributed by atoms with Gasteiger partial charge in [0, 0.05) is 6.54 Å². The lowest BCUT2D eigenvalue weighted by Crippen LogP contribution is -2.16. The molecule has 0 fully saturated rings. The van der Waals surface area contributed by atoms with E-state index in [0.29, 0.717) is 12.4 Å². The average Bonchev–Trinajstić information content (AvgIpc) is 2.88. The third kappa shape index (κ3) is 2.56. The minimum atomic E-state index is -0.371. The zero-order valence-electron chi connectivity index (χ0n) is 8.88. The van der Waals surface area contributed by atoms with E-state index in [-0.39, 0.29) is 5.76 Å². The van der Waals surface area contributed by atoms with Gasteiger partial charge in [0.05, 0.1) is 4.88 Å². The highest BCUT2D eigenvalue weighted by atomic mass is 32.2. The first-order valence-electron chi connectivity index (χ1n) is 4.92. The second-order valence-electron chi connectivity index (χ2n) is 3.22. The standard InChI is InChI=1S/C10H12N2O2S2/c1-15-6-3-5-12-10(13)14-9(11-12)8-4-2-7-16-8/h2,4,7H,3,5-6H2,1H3. The Labute approximate surface area is 101 Å². The predicted molar refractivity (Wildman–Crippen MR) is 67.1 cm³/mol. The second kappa shape index (κ2) is 5.36. The third-order valence-electron chi connectivity index (χ3n) is 2.06. The lowest BCUT2D eigenvalue weighted by molar-refractivity contribution is 0.480. The van der Waals surface area contributed by atoms with E-state index in [0.717, 1.165) is 17.1 Å². The summed E-state index contributed by atoms with van der Waals surface area (Å²) < 4.78 is 6.48. The summed E-state index contributed by atoms with van der Waals surface area (Å²) in [5, 5.41) is 6.10. The third-order valence-corrected chi connectivity index (χ3v) is 3.61. The Morgan fingerprint density at radius 3 is 3.19 bits per heavy atom. The average molecular weight is 256 g/mol. The van der Waals surface area contributed by atoms with Gasteiger partial charge in [0.2, 0.25) is 0 Å².